The summed E-state index contributed by atoms with van der Waals surface area (Å²) in [5.74, 6) is 4.88. The minimum absolute atomic E-state index is 0.256. The summed E-state index contributed by atoms with van der Waals surface area (Å²) in [5, 5.41) is 0. The van der Waals surface area contributed by atoms with Gasteiger partial charge in [0.1, 0.15) is 24.0 Å². The Morgan fingerprint density at radius 2 is 1.49 bits per heavy atom. The molecule has 7 nitrogen and oxygen atoms in total. The van der Waals surface area contributed by atoms with Crippen molar-refractivity contribution in [3.63, 3.8) is 0 Å². The predicted octanol–water partition coefficient (Wildman–Crippen LogP) is 5.32. The van der Waals surface area contributed by atoms with Gasteiger partial charge in [-0.15, -0.1) is 6.42 Å². The van der Waals surface area contributed by atoms with Crippen molar-refractivity contribution in [1.82, 2.24) is 24.8 Å². The van der Waals surface area contributed by atoms with Gasteiger partial charge in [-0.1, -0.05) is 12.8 Å². The van der Waals surface area contributed by atoms with Gasteiger partial charge in [0.05, 0.1) is 22.1 Å². The second kappa shape index (κ2) is 10.00. The summed E-state index contributed by atoms with van der Waals surface area (Å²) in [7, 11) is 0. The first-order valence-electron chi connectivity index (χ1n) is 12.8. The van der Waals surface area contributed by atoms with Gasteiger partial charge in [0.15, 0.2) is 0 Å². The van der Waals surface area contributed by atoms with Crippen molar-refractivity contribution < 1.29 is 4.74 Å². The van der Waals surface area contributed by atoms with Crippen LogP contribution in [-0.2, 0) is 0 Å². The molecule has 3 aromatic carbocycles. The van der Waals surface area contributed by atoms with Crippen LogP contribution in [0.2, 0.25) is 0 Å². The van der Waals surface area contributed by atoms with E-state index in [4.69, 9.17) is 21.1 Å². The Balaban J connectivity index is 1.22. The Morgan fingerprint density at radius 3 is 2.19 bits per heavy atom. The number of hydrogen-bond acceptors (Lipinski definition) is 5. The minimum Gasteiger partial charge on any atom is -0.481 e. The molecule has 3 heterocycles. The Labute approximate surface area is 216 Å². The average Bonchev–Trinajstić information content (AvgIpc) is 3.56. The highest BCUT2D eigenvalue weighted by atomic mass is 16.5. The van der Waals surface area contributed by atoms with Crippen molar-refractivity contribution in [2.45, 2.75) is 13.3 Å². The van der Waals surface area contributed by atoms with Gasteiger partial charge in [-0.2, -0.15) is 0 Å². The first-order chi connectivity index (χ1) is 18.2. The highest BCUT2D eigenvalue weighted by Gasteiger charge is 2.17. The number of H-pyrrole nitrogens is 2. The van der Waals surface area contributed by atoms with Gasteiger partial charge >= 0.3 is 0 Å². The number of aromatic nitrogens is 4. The van der Waals surface area contributed by atoms with Crippen LogP contribution in [0.25, 0.3) is 44.8 Å². The molecule has 0 amide bonds. The summed E-state index contributed by atoms with van der Waals surface area (Å²) in [6.45, 7) is 8.06. The van der Waals surface area contributed by atoms with Crippen LogP contribution in [0.1, 0.15) is 13.3 Å². The fraction of sp³-hybridized carbons (Fsp3) is 0.267. The second-order valence-corrected chi connectivity index (χ2v) is 9.45. The molecule has 1 saturated heterocycles. The van der Waals surface area contributed by atoms with Crippen LogP contribution in [0.5, 0.6) is 5.75 Å². The number of benzene rings is 3. The molecule has 0 bridgehead atoms. The van der Waals surface area contributed by atoms with E-state index in [9.17, 15) is 0 Å². The molecular formula is C30H30N6O. The number of piperazine rings is 1. The van der Waals surface area contributed by atoms with E-state index in [1.54, 1.807) is 0 Å². The quantitative estimate of drug-likeness (QED) is 0.302. The molecule has 2 aromatic heterocycles. The number of anilines is 1. The number of imidazole rings is 2. The lowest BCUT2D eigenvalue weighted by Gasteiger charge is -2.36. The van der Waals surface area contributed by atoms with Gasteiger partial charge < -0.3 is 19.6 Å². The predicted molar refractivity (Wildman–Crippen MR) is 150 cm³/mol. The van der Waals surface area contributed by atoms with Crippen molar-refractivity contribution in [2.75, 3.05) is 44.2 Å². The topological polar surface area (TPSA) is 73.1 Å². The van der Waals surface area contributed by atoms with Crippen LogP contribution in [0.15, 0.2) is 60.7 Å². The lowest BCUT2D eigenvalue weighted by atomic mass is 10.2. The van der Waals surface area contributed by atoms with E-state index in [0.29, 0.717) is 0 Å². The molecule has 0 aliphatic carbocycles. The van der Waals surface area contributed by atoms with Crippen molar-refractivity contribution in [3.8, 4) is 40.9 Å². The normalized spacial score (nSPS) is 14.3. The number of fused-ring (bicyclic) bond motifs is 2. The third-order valence-electron chi connectivity index (χ3n) is 6.95. The fourth-order valence-electron chi connectivity index (χ4n) is 5.00. The van der Waals surface area contributed by atoms with E-state index in [1.807, 2.05) is 30.3 Å². The van der Waals surface area contributed by atoms with E-state index in [0.717, 1.165) is 76.8 Å². The Kier molecular flexibility index (Phi) is 6.25. The van der Waals surface area contributed by atoms with Gasteiger partial charge in [0, 0.05) is 43.0 Å². The number of ether oxygens (including phenoxy) is 1. The first kappa shape index (κ1) is 23.1. The van der Waals surface area contributed by atoms with Gasteiger partial charge in [-0.25, -0.2) is 9.97 Å². The molecule has 0 saturated carbocycles. The summed E-state index contributed by atoms with van der Waals surface area (Å²) in [6, 6.07) is 20.5. The number of nitrogens with zero attached hydrogens (tertiary/aromatic N) is 4. The molecule has 1 aliphatic heterocycles. The molecular weight excluding hydrogens is 460 g/mol. The maximum atomic E-state index is 5.47. The van der Waals surface area contributed by atoms with Crippen LogP contribution in [0.4, 0.5) is 5.69 Å². The maximum Gasteiger partial charge on any atom is 0.148 e. The van der Waals surface area contributed by atoms with Crippen LogP contribution in [0, 0.1) is 12.3 Å². The molecule has 6 rings (SSSR count). The van der Waals surface area contributed by atoms with Crippen molar-refractivity contribution in [3.05, 3.63) is 60.7 Å². The maximum absolute atomic E-state index is 5.47. The summed E-state index contributed by atoms with van der Waals surface area (Å²) < 4.78 is 5.47. The zero-order valence-corrected chi connectivity index (χ0v) is 21.0. The Morgan fingerprint density at radius 1 is 0.838 bits per heavy atom. The van der Waals surface area contributed by atoms with Crippen LogP contribution < -0.4 is 9.64 Å². The minimum atomic E-state index is 0.256. The van der Waals surface area contributed by atoms with Crippen molar-refractivity contribution in [2.24, 2.45) is 0 Å². The third-order valence-corrected chi connectivity index (χ3v) is 6.95. The molecule has 0 atom stereocenters. The molecule has 5 aromatic rings. The molecule has 37 heavy (non-hydrogen) atoms. The number of aromatic amines is 2. The second-order valence-electron chi connectivity index (χ2n) is 9.45. The molecule has 0 unspecified atom stereocenters. The monoisotopic (exact) mass is 490 g/mol. The lowest BCUT2D eigenvalue weighted by molar-refractivity contribution is 0.258. The highest BCUT2D eigenvalue weighted by molar-refractivity contribution is 5.87. The number of rotatable bonds is 7. The summed E-state index contributed by atoms with van der Waals surface area (Å²) in [4.78, 5) is 21.6. The van der Waals surface area contributed by atoms with E-state index in [2.05, 4.69) is 62.9 Å². The molecule has 1 fully saturated rings. The number of hydrogen-bond donors (Lipinski definition) is 2. The molecule has 0 spiro atoms. The smallest absolute Gasteiger partial charge is 0.148 e. The van der Waals surface area contributed by atoms with Gasteiger partial charge in [0.25, 0.3) is 0 Å². The Hall–Kier alpha value is -4.28. The van der Waals surface area contributed by atoms with Gasteiger partial charge in [-0.3, -0.25) is 4.90 Å². The van der Waals surface area contributed by atoms with Crippen LogP contribution in [-0.4, -0.2) is 64.2 Å². The van der Waals surface area contributed by atoms with Crippen molar-refractivity contribution in [1.29, 1.82) is 0 Å². The van der Waals surface area contributed by atoms with E-state index < -0.39 is 0 Å². The standard InChI is InChI=1S/C30H30N6O/c1-3-13-35-14-16-36(17-15-35)23-8-12-26-28(20-23)34-30(32-26)22-7-11-25-27(19-22)33-29(31-25)21-5-9-24(10-6-21)37-18-4-2/h2,5-12,19-20H,3,13-18H2,1H3,(H,31,33)(H,32,34). The average molecular weight is 491 g/mol. The highest BCUT2D eigenvalue weighted by Crippen LogP contribution is 2.29. The van der Waals surface area contributed by atoms with Gasteiger partial charge in [-0.05, 0) is 73.6 Å². The van der Waals surface area contributed by atoms with E-state index >= 15 is 0 Å². The zero-order valence-electron chi connectivity index (χ0n) is 21.0. The van der Waals surface area contributed by atoms with Crippen LogP contribution in [0.3, 0.4) is 0 Å². The third kappa shape index (κ3) is 4.76. The summed E-state index contributed by atoms with van der Waals surface area (Å²) >= 11 is 0. The molecule has 7 heteroatoms. The SMILES string of the molecule is C#CCOc1ccc(-c2nc3ccc(-c4nc5ccc(N6CCN(CCC)CC6)cc5[nH]4)cc3[nH]2)cc1. The lowest BCUT2D eigenvalue weighted by Crippen LogP contribution is -2.46. The van der Waals surface area contributed by atoms with Gasteiger partial charge in [0.2, 0.25) is 0 Å². The fourth-order valence-corrected chi connectivity index (χ4v) is 5.00. The number of terminal acetylenes is 1. The molecule has 186 valence electrons. The Bertz CT molecular complexity index is 1570. The molecule has 1 aliphatic rings. The number of nitrogens with one attached hydrogen (secondary N) is 2. The van der Waals surface area contributed by atoms with E-state index in [1.165, 1.54) is 18.7 Å². The van der Waals surface area contributed by atoms with E-state index in [-0.39, 0.29) is 6.61 Å². The largest absolute Gasteiger partial charge is 0.481 e. The van der Waals surface area contributed by atoms with Crippen LogP contribution >= 0.6 is 0 Å². The molecule has 0 radical (unpaired) electrons. The summed E-state index contributed by atoms with van der Waals surface area (Å²) in [5.41, 5.74) is 7.16. The summed E-state index contributed by atoms with van der Waals surface area (Å²) in [6.07, 6.45) is 6.48. The van der Waals surface area contributed by atoms with Crippen molar-refractivity contribution >= 4 is 27.8 Å². The molecule has 2 N–H and O–H groups in total. The first-order valence-corrected chi connectivity index (χ1v) is 12.8. The zero-order chi connectivity index (χ0) is 25.2.